The highest BCUT2D eigenvalue weighted by Crippen LogP contribution is 2.35. The van der Waals surface area contributed by atoms with Crippen LogP contribution in [0, 0.1) is 0 Å². The molecule has 1 aliphatic rings. The average molecular weight is 275 g/mol. The monoisotopic (exact) mass is 274 g/mol. The molecule has 0 spiro atoms. The topological polar surface area (TPSA) is 58.0 Å². The molecule has 1 heterocycles. The van der Waals surface area contributed by atoms with Gasteiger partial charge in [0.25, 0.3) is 5.56 Å². The van der Waals surface area contributed by atoms with Crippen LogP contribution in [-0.2, 0) is 6.54 Å². The number of H-pyrrole nitrogens is 1. The van der Waals surface area contributed by atoms with Gasteiger partial charge in [0.15, 0.2) is 0 Å². The fourth-order valence-electron chi connectivity index (χ4n) is 2.22. The quantitative estimate of drug-likeness (QED) is 0.880. The Morgan fingerprint density at radius 2 is 2.13 bits per heavy atom. The van der Waals surface area contributed by atoms with E-state index in [2.05, 4.69) is 21.0 Å². The van der Waals surface area contributed by atoms with Crippen molar-refractivity contribution in [3.8, 4) is 0 Å². The number of hydrogen-bond acceptors (Lipinski definition) is 2. The molecular formula is C10H15BrN2O2. The van der Waals surface area contributed by atoms with Crippen LogP contribution in [-0.4, -0.2) is 21.5 Å². The Kier molecular flexibility index (Phi) is 3.31. The van der Waals surface area contributed by atoms with Crippen LogP contribution in [0.25, 0.3) is 0 Å². The predicted molar refractivity (Wildman–Crippen MR) is 61.0 cm³/mol. The summed E-state index contributed by atoms with van der Waals surface area (Å²) in [5.41, 5.74) is 0.942. The first kappa shape index (κ1) is 11.0. The minimum atomic E-state index is -0.0639. The van der Waals surface area contributed by atoms with Gasteiger partial charge in [-0.1, -0.05) is 12.8 Å². The van der Waals surface area contributed by atoms with Crippen LogP contribution in [0.15, 0.2) is 9.27 Å². The highest BCUT2D eigenvalue weighted by molar-refractivity contribution is 9.10. The van der Waals surface area contributed by atoms with Gasteiger partial charge in [-0.15, -0.1) is 0 Å². The zero-order chi connectivity index (χ0) is 10.8. The molecule has 0 atom stereocenters. The summed E-state index contributed by atoms with van der Waals surface area (Å²) in [5, 5.41) is 11.9. The third-order valence-electron chi connectivity index (χ3n) is 3.01. The second-order valence-corrected chi connectivity index (χ2v) is 4.79. The Balaban J connectivity index is 2.31. The van der Waals surface area contributed by atoms with Crippen molar-refractivity contribution >= 4 is 15.9 Å². The van der Waals surface area contributed by atoms with Gasteiger partial charge in [0, 0.05) is 5.92 Å². The maximum absolute atomic E-state index is 11.7. The molecule has 1 aromatic rings. The maximum atomic E-state index is 11.7. The number of aliphatic hydroxyl groups is 1. The van der Waals surface area contributed by atoms with Gasteiger partial charge in [0.2, 0.25) is 0 Å². The predicted octanol–water partition coefficient (Wildman–Crippen LogP) is 1.59. The van der Waals surface area contributed by atoms with Crippen LogP contribution in [0.5, 0.6) is 0 Å². The molecule has 0 radical (unpaired) electrons. The van der Waals surface area contributed by atoms with E-state index in [0.717, 1.165) is 18.5 Å². The number of aromatic amines is 1. The lowest BCUT2D eigenvalue weighted by Gasteiger charge is -2.06. The molecule has 1 fully saturated rings. The smallest absolute Gasteiger partial charge is 0.281 e. The second-order valence-electron chi connectivity index (χ2n) is 4.00. The van der Waals surface area contributed by atoms with E-state index in [1.54, 1.807) is 0 Å². The van der Waals surface area contributed by atoms with E-state index < -0.39 is 0 Å². The van der Waals surface area contributed by atoms with Gasteiger partial charge in [-0.05, 0) is 28.8 Å². The number of halogens is 1. The van der Waals surface area contributed by atoms with E-state index in [-0.39, 0.29) is 12.2 Å². The Morgan fingerprint density at radius 1 is 1.47 bits per heavy atom. The summed E-state index contributed by atoms with van der Waals surface area (Å²) in [5.74, 6) is 0.479. The molecule has 2 rings (SSSR count). The zero-order valence-electron chi connectivity index (χ0n) is 8.50. The van der Waals surface area contributed by atoms with Gasteiger partial charge >= 0.3 is 0 Å². The fourth-order valence-corrected chi connectivity index (χ4v) is 2.85. The van der Waals surface area contributed by atoms with Gasteiger partial charge in [0.1, 0.15) is 4.47 Å². The largest absolute Gasteiger partial charge is 0.394 e. The zero-order valence-corrected chi connectivity index (χ0v) is 10.1. The van der Waals surface area contributed by atoms with Crippen LogP contribution in [0.2, 0.25) is 0 Å². The minimum Gasteiger partial charge on any atom is -0.394 e. The molecule has 2 N–H and O–H groups in total. The van der Waals surface area contributed by atoms with Crippen LogP contribution in [0.1, 0.15) is 37.3 Å². The molecule has 0 saturated heterocycles. The Bertz CT molecular complexity index is 391. The molecule has 4 nitrogen and oxygen atoms in total. The number of aromatic nitrogens is 2. The lowest BCUT2D eigenvalue weighted by Crippen LogP contribution is -2.18. The van der Waals surface area contributed by atoms with Gasteiger partial charge in [-0.25, -0.2) is 4.68 Å². The summed E-state index contributed by atoms with van der Waals surface area (Å²) in [6.07, 6.45) is 4.78. The van der Waals surface area contributed by atoms with Crippen LogP contribution in [0.3, 0.4) is 0 Å². The summed E-state index contributed by atoms with van der Waals surface area (Å²) in [4.78, 5) is 11.7. The normalized spacial score (nSPS) is 17.5. The summed E-state index contributed by atoms with van der Waals surface area (Å²) in [7, 11) is 0. The molecule has 0 bridgehead atoms. The second kappa shape index (κ2) is 4.53. The van der Waals surface area contributed by atoms with Crippen molar-refractivity contribution in [3.05, 3.63) is 20.5 Å². The van der Waals surface area contributed by atoms with Crippen molar-refractivity contribution in [1.82, 2.24) is 9.78 Å². The van der Waals surface area contributed by atoms with Crippen LogP contribution >= 0.6 is 15.9 Å². The van der Waals surface area contributed by atoms with E-state index in [0.29, 0.717) is 16.9 Å². The number of nitrogens with zero attached hydrogens (tertiary/aromatic N) is 1. The van der Waals surface area contributed by atoms with E-state index >= 15 is 0 Å². The Hall–Kier alpha value is -0.550. The number of aliphatic hydroxyl groups excluding tert-OH is 1. The van der Waals surface area contributed by atoms with Gasteiger partial charge < -0.3 is 5.11 Å². The summed E-state index contributed by atoms with van der Waals surface area (Å²) < 4.78 is 2.11. The lowest BCUT2D eigenvalue weighted by atomic mass is 10.1. The van der Waals surface area contributed by atoms with Crippen molar-refractivity contribution in [3.63, 3.8) is 0 Å². The number of rotatable bonds is 3. The molecule has 1 saturated carbocycles. The van der Waals surface area contributed by atoms with Crippen LogP contribution in [0.4, 0.5) is 0 Å². The third-order valence-corrected chi connectivity index (χ3v) is 3.78. The molecule has 15 heavy (non-hydrogen) atoms. The van der Waals surface area contributed by atoms with Gasteiger partial charge in [-0.2, -0.15) is 0 Å². The first-order valence-electron chi connectivity index (χ1n) is 5.33. The molecule has 0 unspecified atom stereocenters. The Morgan fingerprint density at radius 3 is 2.73 bits per heavy atom. The summed E-state index contributed by atoms with van der Waals surface area (Å²) in [6.45, 7) is 0.321. The molecule has 0 aromatic carbocycles. The lowest BCUT2D eigenvalue weighted by molar-refractivity contribution is 0.267. The van der Waals surface area contributed by atoms with Crippen molar-refractivity contribution < 1.29 is 5.11 Å². The molecule has 5 heteroatoms. The molecular weight excluding hydrogens is 260 g/mol. The molecule has 0 aliphatic heterocycles. The molecule has 1 aliphatic carbocycles. The highest BCUT2D eigenvalue weighted by atomic mass is 79.9. The summed E-state index contributed by atoms with van der Waals surface area (Å²) >= 11 is 3.33. The Labute approximate surface area is 96.4 Å². The number of hydrogen-bond donors (Lipinski definition) is 2. The van der Waals surface area contributed by atoms with Gasteiger partial charge in [-0.3, -0.25) is 9.89 Å². The van der Waals surface area contributed by atoms with Crippen molar-refractivity contribution in [1.29, 1.82) is 0 Å². The van der Waals surface area contributed by atoms with Crippen LogP contribution < -0.4 is 5.56 Å². The van der Waals surface area contributed by atoms with E-state index in [4.69, 9.17) is 5.11 Å². The minimum absolute atomic E-state index is 0.0169. The fraction of sp³-hybridized carbons (Fsp3) is 0.700. The molecule has 84 valence electrons. The van der Waals surface area contributed by atoms with E-state index in [9.17, 15) is 4.79 Å². The van der Waals surface area contributed by atoms with Crippen molar-refractivity contribution in [2.75, 3.05) is 6.61 Å². The average Bonchev–Trinajstić information content (AvgIpc) is 2.82. The summed E-state index contributed by atoms with van der Waals surface area (Å²) in [6, 6.07) is 0. The maximum Gasteiger partial charge on any atom is 0.281 e. The highest BCUT2D eigenvalue weighted by Gasteiger charge is 2.23. The molecule has 0 amide bonds. The third kappa shape index (κ3) is 2.03. The standard InChI is InChI=1S/C10H15BrN2O2/c11-8-9(7-3-1-2-4-7)12-13(5-6-14)10(8)15/h7,12,14H,1-6H2. The molecule has 1 aromatic heterocycles. The van der Waals surface area contributed by atoms with Crippen molar-refractivity contribution in [2.45, 2.75) is 38.1 Å². The first-order chi connectivity index (χ1) is 7.24. The first-order valence-corrected chi connectivity index (χ1v) is 6.12. The van der Waals surface area contributed by atoms with Crippen molar-refractivity contribution in [2.24, 2.45) is 0 Å². The van der Waals surface area contributed by atoms with E-state index in [1.165, 1.54) is 17.5 Å². The van der Waals surface area contributed by atoms with E-state index in [1.807, 2.05) is 0 Å². The SMILES string of the molecule is O=c1c(Br)c(C2CCCC2)[nH]n1CCO. The number of nitrogens with one attached hydrogen (secondary N) is 1. The van der Waals surface area contributed by atoms with Gasteiger partial charge in [0.05, 0.1) is 18.8 Å².